The minimum atomic E-state index is -0.0711. The number of hydrogen-bond donors (Lipinski definition) is 0. The smallest absolute Gasteiger partial charge is 0.237 e. The zero-order valence-electron chi connectivity index (χ0n) is 10.5. The van der Waals surface area contributed by atoms with Gasteiger partial charge < -0.3 is 9.64 Å². The van der Waals surface area contributed by atoms with Crippen LogP contribution in [-0.4, -0.2) is 30.3 Å². The average Bonchev–Trinajstić information content (AvgIpc) is 2.31. The van der Waals surface area contributed by atoms with Gasteiger partial charge in [-0.1, -0.05) is 12.1 Å². The molecule has 94 valence electrons. The Morgan fingerprint density at radius 1 is 1.47 bits per heavy atom. The van der Waals surface area contributed by atoms with E-state index >= 15 is 0 Å². The number of aryl methyl sites for hydroxylation is 1. The van der Waals surface area contributed by atoms with Gasteiger partial charge in [0.1, 0.15) is 11.6 Å². The lowest BCUT2D eigenvalue weighted by atomic mass is 10.1. The summed E-state index contributed by atoms with van der Waals surface area (Å²) < 4.78 is 5.46. The highest BCUT2D eigenvalue weighted by atomic mass is 35.5. The van der Waals surface area contributed by atoms with E-state index in [-0.39, 0.29) is 11.8 Å². The van der Waals surface area contributed by atoms with Crippen LogP contribution < -0.4 is 4.74 Å². The molecule has 0 atom stereocenters. The maximum atomic E-state index is 11.3. The Morgan fingerprint density at radius 3 is 2.71 bits per heavy atom. The molecule has 1 aromatic carbocycles. The molecule has 0 radical (unpaired) electrons. The first-order valence-electron chi connectivity index (χ1n) is 5.60. The first-order valence-corrected chi connectivity index (χ1v) is 6.14. The molecule has 0 N–H and O–H groups in total. The summed E-state index contributed by atoms with van der Waals surface area (Å²) >= 11 is 5.50. The monoisotopic (exact) mass is 255 g/mol. The molecule has 0 heterocycles. The number of amides is 1. The van der Waals surface area contributed by atoms with Gasteiger partial charge >= 0.3 is 0 Å². The molecule has 3 nitrogen and oxygen atoms in total. The number of rotatable bonds is 5. The average molecular weight is 256 g/mol. The lowest BCUT2D eigenvalue weighted by molar-refractivity contribution is -0.127. The standard InChI is InChI=1S/C13H18ClNO2/c1-4-17-12-6-5-11(7-10(12)2)9-15(3)13(16)8-14/h5-7H,4,8-9H2,1-3H3. The van der Waals surface area contributed by atoms with Gasteiger partial charge in [-0.25, -0.2) is 0 Å². The number of benzene rings is 1. The minimum Gasteiger partial charge on any atom is -0.494 e. The van der Waals surface area contributed by atoms with Crippen molar-refractivity contribution in [3.63, 3.8) is 0 Å². The third-order valence-electron chi connectivity index (χ3n) is 2.50. The zero-order valence-corrected chi connectivity index (χ0v) is 11.3. The Hall–Kier alpha value is -1.22. The van der Waals surface area contributed by atoms with Crippen LogP contribution in [0.25, 0.3) is 0 Å². The molecular formula is C13H18ClNO2. The number of hydrogen-bond acceptors (Lipinski definition) is 2. The molecule has 0 bridgehead atoms. The summed E-state index contributed by atoms with van der Waals surface area (Å²) in [6.45, 7) is 5.18. The first-order chi connectivity index (χ1) is 8.08. The summed E-state index contributed by atoms with van der Waals surface area (Å²) in [6.07, 6.45) is 0. The second-order valence-corrected chi connectivity index (χ2v) is 4.18. The highest BCUT2D eigenvalue weighted by molar-refractivity contribution is 6.27. The van der Waals surface area contributed by atoms with Crippen molar-refractivity contribution in [3.05, 3.63) is 29.3 Å². The van der Waals surface area contributed by atoms with Crippen LogP contribution in [0.2, 0.25) is 0 Å². The van der Waals surface area contributed by atoms with E-state index in [1.54, 1.807) is 11.9 Å². The van der Waals surface area contributed by atoms with Crippen LogP contribution >= 0.6 is 11.6 Å². The van der Waals surface area contributed by atoms with Crippen molar-refractivity contribution in [2.24, 2.45) is 0 Å². The Bertz CT molecular complexity index is 393. The van der Waals surface area contributed by atoms with Gasteiger partial charge in [0.05, 0.1) is 6.61 Å². The van der Waals surface area contributed by atoms with E-state index in [1.807, 2.05) is 32.0 Å². The molecule has 0 spiro atoms. The van der Waals surface area contributed by atoms with Gasteiger partial charge in [-0.05, 0) is 31.0 Å². The number of alkyl halides is 1. The van der Waals surface area contributed by atoms with Crippen LogP contribution in [0.15, 0.2) is 18.2 Å². The van der Waals surface area contributed by atoms with Crippen molar-refractivity contribution in [2.75, 3.05) is 19.5 Å². The molecule has 0 aromatic heterocycles. The number of carbonyl (C=O) groups is 1. The Morgan fingerprint density at radius 2 is 2.18 bits per heavy atom. The summed E-state index contributed by atoms with van der Waals surface area (Å²) in [6, 6.07) is 5.94. The van der Waals surface area contributed by atoms with E-state index in [2.05, 4.69) is 0 Å². The highest BCUT2D eigenvalue weighted by Gasteiger charge is 2.08. The quantitative estimate of drug-likeness (QED) is 0.757. The van der Waals surface area contributed by atoms with Crippen LogP contribution in [0.3, 0.4) is 0 Å². The maximum absolute atomic E-state index is 11.3. The molecule has 17 heavy (non-hydrogen) atoms. The summed E-state index contributed by atoms with van der Waals surface area (Å²) in [7, 11) is 1.75. The zero-order chi connectivity index (χ0) is 12.8. The lowest BCUT2D eigenvalue weighted by Gasteiger charge is -2.17. The van der Waals surface area contributed by atoms with Gasteiger partial charge in [0, 0.05) is 13.6 Å². The number of carbonyl (C=O) groups excluding carboxylic acids is 1. The topological polar surface area (TPSA) is 29.5 Å². The molecule has 0 saturated heterocycles. The molecule has 1 amide bonds. The third kappa shape index (κ3) is 3.93. The fourth-order valence-electron chi connectivity index (χ4n) is 1.59. The highest BCUT2D eigenvalue weighted by Crippen LogP contribution is 2.19. The molecule has 4 heteroatoms. The van der Waals surface area contributed by atoms with E-state index in [4.69, 9.17) is 16.3 Å². The van der Waals surface area contributed by atoms with Crippen molar-refractivity contribution in [1.82, 2.24) is 4.90 Å². The summed E-state index contributed by atoms with van der Waals surface area (Å²) in [5, 5.41) is 0. The Kier molecular flexibility index (Phi) is 5.29. The molecule has 1 rings (SSSR count). The van der Waals surface area contributed by atoms with Gasteiger partial charge in [-0.2, -0.15) is 0 Å². The number of nitrogens with zero attached hydrogens (tertiary/aromatic N) is 1. The molecule has 0 aliphatic heterocycles. The predicted octanol–water partition coefficient (Wildman–Crippen LogP) is 2.59. The van der Waals surface area contributed by atoms with E-state index < -0.39 is 0 Å². The minimum absolute atomic E-state index is 0.0203. The van der Waals surface area contributed by atoms with Gasteiger partial charge in [-0.3, -0.25) is 4.79 Å². The van der Waals surface area contributed by atoms with Crippen LogP contribution in [0, 0.1) is 6.92 Å². The van der Waals surface area contributed by atoms with Crippen LogP contribution in [-0.2, 0) is 11.3 Å². The lowest BCUT2D eigenvalue weighted by Crippen LogP contribution is -2.27. The molecule has 0 unspecified atom stereocenters. The summed E-state index contributed by atoms with van der Waals surface area (Å²) in [5.41, 5.74) is 2.16. The third-order valence-corrected chi connectivity index (χ3v) is 2.73. The molecular weight excluding hydrogens is 238 g/mol. The molecule has 0 aliphatic rings. The fraction of sp³-hybridized carbons (Fsp3) is 0.462. The number of halogens is 1. The molecule has 0 saturated carbocycles. The van der Waals surface area contributed by atoms with E-state index in [1.165, 1.54) is 0 Å². The van der Waals surface area contributed by atoms with Gasteiger partial charge in [0.15, 0.2) is 0 Å². The van der Waals surface area contributed by atoms with E-state index in [9.17, 15) is 4.79 Å². The second-order valence-electron chi connectivity index (χ2n) is 3.92. The SMILES string of the molecule is CCOc1ccc(CN(C)C(=O)CCl)cc1C. The largest absolute Gasteiger partial charge is 0.494 e. The van der Waals surface area contributed by atoms with Crippen molar-refractivity contribution in [2.45, 2.75) is 20.4 Å². The van der Waals surface area contributed by atoms with Gasteiger partial charge in [0.25, 0.3) is 0 Å². The molecule has 0 fully saturated rings. The van der Waals surface area contributed by atoms with Crippen molar-refractivity contribution < 1.29 is 9.53 Å². The number of ether oxygens (including phenoxy) is 1. The summed E-state index contributed by atoms with van der Waals surface area (Å²) in [5.74, 6) is 0.841. The van der Waals surface area contributed by atoms with Crippen LogP contribution in [0.1, 0.15) is 18.1 Å². The Labute approximate surface area is 107 Å². The summed E-state index contributed by atoms with van der Waals surface area (Å²) in [4.78, 5) is 13.0. The maximum Gasteiger partial charge on any atom is 0.237 e. The van der Waals surface area contributed by atoms with Gasteiger partial charge in [-0.15, -0.1) is 11.6 Å². The van der Waals surface area contributed by atoms with Crippen molar-refractivity contribution >= 4 is 17.5 Å². The fourth-order valence-corrected chi connectivity index (χ4v) is 1.80. The first kappa shape index (κ1) is 13.8. The van der Waals surface area contributed by atoms with E-state index in [0.29, 0.717) is 13.2 Å². The second kappa shape index (κ2) is 6.50. The van der Waals surface area contributed by atoms with Crippen LogP contribution in [0.4, 0.5) is 0 Å². The van der Waals surface area contributed by atoms with Crippen molar-refractivity contribution in [3.8, 4) is 5.75 Å². The predicted molar refractivity (Wildman–Crippen MR) is 69.5 cm³/mol. The van der Waals surface area contributed by atoms with Crippen LogP contribution in [0.5, 0.6) is 5.75 Å². The Balaban J connectivity index is 2.73. The molecule has 0 aliphatic carbocycles. The molecule has 1 aromatic rings. The van der Waals surface area contributed by atoms with Gasteiger partial charge in [0.2, 0.25) is 5.91 Å². The van der Waals surface area contributed by atoms with E-state index in [0.717, 1.165) is 16.9 Å². The van der Waals surface area contributed by atoms with Crippen molar-refractivity contribution in [1.29, 1.82) is 0 Å². The normalized spacial score (nSPS) is 10.1.